The molecule has 1 fully saturated rings. The summed E-state index contributed by atoms with van der Waals surface area (Å²) in [6.07, 6.45) is 3.71. The lowest BCUT2D eigenvalue weighted by Gasteiger charge is -2.32. The predicted octanol–water partition coefficient (Wildman–Crippen LogP) is 0.944. The van der Waals surface area contributed by atoms with Crippen LogP contribution in [0.1, 0.15) is 12.6 Å². The van der Waals surface area contributed by atoms with E-state index in [4.69, 9.17) is 4.74 Å². The van der Waals surface area contributed by atoms with Gasteiger partial charge in [0.1, 0.15) is 0 Å². The Hall–Kier alpha value is -1.31. The Morgan fingerprint density at radius 1 is 1.56 bits per heavy atom. The SMILES string of the molecule is C[C@@H]1COCCN1Cc1cn(-c2nccs2)nn1. The van der Waals surface area contributed by atoms with Crippen molar-refractivity contribution < 1.29 is 4.74 Å². The average Bonchev–Trinajstić information content (AvgIpc) is 3.02. The number of aromatic nitrogens is 4. The lowest BCUT2D eigenvalue weighted by Crippen LogP contribution is -2.42. The number of nitrogens with zero attached hydrogens (tertiary/aromatic N) is 5. The smallest absolute Gasteiger partial charge is 0.211 e. The molecule has 7 heteroatoms. The molecule has 0 N–H and O–H groups in total. The van der Waals surface area contributed by atoms with Crippen LogP contribution < -0.4 is 0 Å². The molecule has 2 aromatic heterocycles. The Bertz CT molecular complexity index is 497. The first-order valence-electron chi connectivity index (χ1n) is 5.96. The molecule has 0 unspecified atom stereocenters. The summed E-state index contributed by atoms with van der Waals surface area (Å²) in [5.41, 5.74) is 0.971. The van der Waals surface area contributed by atoms with Crippen LogP contribution in [0, 0.1) is 0 Å². The fourth-order valence-electron chi connectivity index (χ4n) is 2.00. The number of ether oxygens (including phenoxy) is 1. The van der Waals surface area contributed by atoms with Crippen molar-refractivity contribution in [2.24, 2.45) is 0 Å². The van der Waals surface area contributed by atoms with E-state index >= 15 is 0 Å². The third-order valence-corrected chi connectivity index (χ3v) is 3.79. The molecule has 3 rings (SSSR count). The lowest BCUT2D eigenvalue weighted by atomic mass is 10.2. The van der Waals surface area contributed by atoms with Crippen molar-refractivity contribution in [3.8, 4) is 5.13 Å². The monoisotopic (exact) mass is 265 g/mol. The van der Waals surface area contributed by atoms with Gasteiger partial charge in [-0.1, -0.05) is 5.21 Å². The second-order valence-electron chi connectivity index (χ2n) is 4.36. The van der Waals surface area contributed by atoms with E-state index in [1.54, 1.807) is 22.2 Å². The van der Waals surface area contributed by atoms with Crippen molar-refractivity contribution >= 4 is 11.3 Å². The molecule has 1 aliphatic rings. The normalized spacial score (nSPS) is 21.3. The van der Waals surface area contributed by atoms with E-state index in [-0.39, 0.29) is 0 Å². The van der Waals surface area contributed by atoms with Gasteiger partial charge in [-0.3, -0.25) is 4.90 Å². The summed E-state index contributed by atoms with van der Waals surface area (Å²) in [5.74, 6) is 0. The second kappa shape index (κ2) is 5.13. The highest BCUT2D eigenvalue weighted by atomic mass is 32.1. The molecule has 6 nitrogen and oxygen atoms in total. The molecule has 1 aliphatic heterocycles. The van der Waals surface area contributed by atoms with Gasteiger partial charge in [0.05, 0.1) is 25.1 Å². The van der Waals surface area contributed by atoms with Crippen molar-refractivity contribution in [3.63, 3.8) is 0 Å². The Balaban J connectivity index is 1.70. The number of hydrogen-bond acceptors (Lipinski definition) is 6. The van der Waals surface area contributed by atoms with Crippen LogP contribution in [0.4, 0.5) is 0 Å². The van der Waals surface area contributed by atoms with Gasteiger partial charge in [-0.05, 0) is 6.92 Å². The van der Waals surface area contributed by atoms with Crippen LogP contribution in [0.25, 0.3) is 5.13 Å². The highest BCUT2D eigenvalue weighted by molar-refractivity contribution is 7.12. The van der Waals surface area contributed by atoms with Gasteiger partial charge in [0, 0.05) is 30.7 Å². The van der Waals surface area contributed by atoms with Gasteiger partial charge in [0.25, 0.3) is 0 Å². The van der Waals surface area contributed by atoms with Crippen molar-refractivity contribution in [1.82, 2.24) is 24.9 Å². The van der Waals surface area contributed by atoms with Crippen molar-refractivity contribution in [2.75, 3.05) is 19.8 Å². The molecule has 0 amide bonds. The summed E-state index contributed by atoms with van der Waals surface area (Å²) in [6.45, 7) is 5.52. The van der Waals surface area contributed by atoms with E-state index in [0.717, 1.165) is 37.1 Å². The maximum absolute atomic E-state index is 5.42. The quantitative estimate of drug-likeness (QED) is 0.827. The van der Waals surface area contributed by atoms with Crippen molar-refractivity contribution in [3.05, 3.63) is 23.5 Å². The fourth-order valence-corrected chi connectivity index (χ4v) is 2.56. The lowest BCUT2D eigenvalue weighted by molar-refractivity contribution is -0.00492. The highest BCUT2D eigenvalue weighted by Crippen LogP contribution is 2.13. The molecule has 0 aromatic carbocycles. The molecule has 96 valence electrons. The molecule has 0 spiro atoms. The first-order chi connectivity index (χ1) is 8.83. The third kappa shape index (κ3) is 2.43. The number of rotatable bonds is 3. The predicted molar refractivity (Wildman–Crippen MR) is 67.7 cm³/mol. The van der Waals surface area contributed by atoms with Crippen molar-refractivity contribution in [2.45, 2.75) is 19.5 Å². The molecule has 0 aliphatic carbocycles. The molecule has 0 bridgehead atoms. The first-order valence-corrected chi connectivity index (χ1v) is 6.84. The van der Waals surface area contributed by atoms with E-state index in [1.165, 1.54) is 0 Å². The van der Waals surface area contributed by atoms with Gasteiger partial charge in [-0.25, -0.2) is 4.98 Å². The maximum Gasteiger partial charge on any atom is 0.211 e. The summed E-state index contributed by atoms with van der Waals surface area (Å²) in [6, 6.07) is 0.434. The van der Waals surface area contributed by atoms with Gasteiger partial charge in [-0.2, -0.15) is 4.68 Å². The van der Waals surface area contributed by atoms with Gasteiger partial charge in [0.2, 0.25) is 5.13 Å². The van der Waals surface area contributed by atoms with E-state index < -0.39 is 0 Å². The molecule has 2 aromatic rings. The van der Waals surface area contributed by atoms with Gasteiger partial charge < -0.3 is 4.74 Å². The fraction of sp³-hybridized carbons (Fsp3) is 0.545. The zero-order valence-electron chi connectivity index (χ0n) is 10.2. The van der Waals surface area contributed by atoms with Crippen LogP contribution in [0.15, 0.2) is 17.8 Å². The number of morpholine rings is 1. The summed E-state index contributed by atoms with van der Waals surface area (Å²) >= 11 is 1.55. The summed E-state index contributed by atoms with van der Waals surface area (Å²) in [7, 11) is 0. The first kappa shape index (κ1) is 11.8. The number of hydrogen-bond donors (Lipinski definition) is 0. The Kier molecular flexibility index (Phi) is 3.35. The topological polar surface area (TPSA) is 56.1 Å². The van der Waals surface area contributed by atoms with Crippen molar-refractivity contribution in [1.29, 1.82) is 0 Å². The summed E-state index contributed by atoms with van der Waals surface area (Å²) in [4.78, 5) is 6.57. The van der Waals surface area contributed by atoms with Crippen LogP contribution in [-0.4, -0.2) is 50.7 Å². The van der Waals surface area contributed by atoms with Crippen LogP contribution in [0.3, 0.4) is 0 Å². The summed E-state index contributed by atoms with van der Waals surface area (Å²) in [5, 5.41) is 11.1. The summed E-state index contributed by atoms with van der Waals surface area (Å²) < 4.78 is 7.15. The Morgan fingerprint density at radius 3 is 3.28 bits per heavy atom. The zero-order chi connectivity index (χ0) is 12.4. The molecule has 0 radical (unpaired) electrons. The van der Waals surface area contributed by atoms with Crippen LogP contribution in [-0.2, 0) is 11.3 Å². The van der Waals surface area contributed by atoms with E-state index in [1.807, 2.05) is 11.6 Å². The molecular formula is C11H15N5OS. The van der Waals surface area contributed by atoms with E-state index in [2.05, 4.69) is 27.1 Å². The molecule has 1 saturated heterocycles. The second-order valence-corrected chi connectivity index (χ2v) is 5.24. The van der Waals surface area contributed by atoms with Crippen LogP contribution in [0.5, 0.6) is 0 Å². The Morgan fingerprint density at radius 2 is 2.50 bits per heavy atom. The minimum Gasteiger partial charge on any atom is -0.379 e. The molecular weight excluding hydrogens is 250 g/mol. The minimum atomic E-state index is 0.434. The third-order valence-electron chi connectivity index (χ3n) is 3.03. The largest absolute Gasteiger partial charge is 0.379 e. The molecule has 1 atom stereocenters. The van der Waals surface area contributed by atoms with Gasteiger partial charge >= 0.3 is 0 Å². The number of thiazole rings is 1. The molecule has 3 heterocycles. The molecule has 0 saturated carbocycles. The van der Waals surface area contributed by atoms with E-state index in [9.17, 15) is 0 Å². The Labute approximate surface area is 109 Å². The molecule has 18 heavy (non-hydrogen) atoms. The zero-order valence-corrected chi connectivity index (χ0v) is 11.0. The van der Waals surface area contributed by atoms with Crippen LogP contribution >= 0.6 is 11.3 Å². The van der Waals surface area contributed by atoms with Gasteiger partial charge in [-0.15, -0.1) is 16.4 Å². The minimum absolute atomic E-state index is 0.434. The maximum atomic E-state index is 5.42. The highest BCUT2D eigenvalue weighted by Gasteiger charge is 2.20. The van der Waals surface area contributed by atoms with E-state index in [0.29, 0.717) is 6.04 Å². The van der Waals surface area contributed by atoms with Crippen LogP contribution in [0.2, 0.25) is 0 Å². The van der Waals surface area contributed by atoms with Gasteiger partial charge in [0.15, 0.2) is 0 Å². The standard InChI is InChI=1S/C11H15N5OS/c1-9-8-17-4-3-15(9)6-10-7-16(14-13-10)11-12-2-5-18-11/h2,5,7,9H,3-4,6,8H2,1H3/t9-/m1/s1. The average molecular weight is 265 g/mol.